The van der Waals surface area contributed by atoms with Crippen molar-refractivity contribution in [3.8, 4) is 0 Å². The van der Waals surface area contributed by atoms with Crippen LogP contribution in [0.4, 0.5) is 4.79 Å². The van der Waals surface area contributed by atoms with E-state index in [2.05, 4.69) is 6.07 Å². The number of ether oxygens (including phenoxy) is 1. The van der Waals surface area contributed by atoms with Gasteiger partial charge >= 0.3 is 6.09 Å². The molecule has 29 heavy (non-hydrogen) atoms. The number of amides is 1. The van der Waals surface area contributed by atoms with E-state index >= 15 is 0 Å². The molecule has 1 aliphatic carbocycles. The first-order valence-electron chi connectivity index (χ1n) is 10.1. The molecule has 1 amide bonds. The van der Waals surface area contributed by atoms with E-state index in [1.807, 2.05) is 25.1 Å². The fraction of sp³-hybridized carbons (Fsp3) is 0.391. The molecule has 1 fully saturated rings. The third-order valence-corrected chi connectivity index (χ3v) is 6.02. The van der Waals surface area contributed by atoms with Gasteiger partial charge in [-0.1, -0.05) is 23.2 Å². The number of rotatable bonds is 2. The first-order chi connectivity index (χ1) is 14.1. The normalized spacial score (nSPS) is 16.2. The zero-order chi connectivity index (χ0) is 20.4. The molecule has 2 aromatic rings. The Morgan fingerprint density at radius 2 is 2.00 bits per heavy atom. The van der Waals surface area contributed by atoms with Crippen molar-refractivity contribution in [2.75, 3.05) is 19.7 Å². The Bertz CT molecular complexity index is 961. The lowest BCUT2D eigenvalue weighted by molar-refractivity contribution is 0.104. The molecule has 0 radical (unpaired) electrons. The smallest absolute Gasteiger partial charge is 0.409 e. The number of aryl methyl sites for hydroxylation is 1. The van der Waals surface area contributed by atoms with Crippen LogP contribution >= 0.6 is 11.6 Å². The molecular formula is C23H25ClN2O3. The van der Waals surface area contributed by atoms with E-state index in [-0.39, 0.29) is 12.7 Å². The number of hydrogen-bond donors (Lipinski definition) is 1. The molecule has 4 rings (SSSR count). The molecule has 1 aromatic carbocycles. The highest BCUT2D eigenvalue weighted by Gasteiger charge is 2.27. The van der Waals surface area contributed by atoms with Crippen molar-refractivity contribution >= 4 is 23.3 Å². The average Bonchev–Trinajstić information content (AvgIpc) is 2.90. The molecular weight excluding hydrogens is 388 g/mol. The molecule has 0 atom stereocenters. The molecule has 0 unspecified atom stereocenters. The predicted octanol–water partition coefficient (Wildman–Crippen LogP) is 4.38. The number of carbonyl (C=O) groups is 1. The maximum Gasteiger partial charge on any atom is 0.409 e. The zero-order valence-electron chi connectivity index (χ0n) is 16.6. The van der Waals surface area contributed by atoms with Crippen LogP contribution in [-0.4, -0.2) is 40.8 Å². The van der Waals surface area contributed by atoms with E-state index < -0.39 is 0 Å². The van der Waals surface area contributed by atoms with E-state index in [9.17, 15) is 9.90 Å². The van der Waals surface area contributed by atoms with Gasteiger partial charge in [0.25, 0.3) is 0 Å². The summed E-state index contributed by atoms with van der Waals surface area (Å²) in [5, 5.41) is 10.6. The fourth-order valence-corrected chi connectivity index (χ4v) is 4.55. The number of fused-ring (bicyclic) bond motifs is 2. The minimum absolute atomic E-state index is 0.00119. The number of benzene rings is 1. The van der Waals surface area contributed by atoms with Gasteiger partial charge in [-0.05, 0) is 73.1 Å². The van der Waals surface area contributed by atoms with Crippen LogP contribution in [0.25, 0.3) is 5.57 Å². The Labute approximate surface area is 176 Å². The van der Waals surface area contributed by atoms with Crippen LogP contribution in [0.5, 0.6) is 0 Å². The number of hydrogen-bond acceptors (Lipinski definition) is 4. The molecule has 152 valence electrons. The van der Waals surface area contributed by atoms with E-state index in [0.29, 0.717) is 19.7 Å². The number of halogens is 1. The summed E-state index contributed by atoms with van der Waals surface area (Å²) in [6.07, 6.45) is 4.76. The lowest BCUT2D eigenvalue weighted by Gasteiger charge is -2.29. The van der Waals surface area contributed by atoms with Gasteiger partial charge in [0.15, 0.2) is 0 Å². The van der Waals surface area contributed by atoms with Crippen molar-refractivity contribution in [3.63, 3.8) is 0 Å². The van der Waals surface area contributed by atoms with Crippen LogP contribution in [0, 0.1) is 0 Å². The van der Waals surface area contributed by atoms with Crippen molar-refractivity contribution in [2.45, 2.75) is 39.2 Å². The van der Waals surface area contributed by atoms with Crippen molar-refractivity contribution in [1.29, 1.82) is 0 Å². The van der Waals surface area contributed by atoms with Crippen LogP contribution in [0.15, 0.2) is 36.0 Å². The highest BCUT2D eigenvalue weighted by atomic mass is 35.5. The van der Waals surface area contributed by atoms with E-state index in [1.54, 1.807) is 11.1 Å². The molecule has 6 heteroatoms. The maximum atomic E-state index is 12.1. The lowest BCUT2D eigenvalue weighted by Crippen LogP contribution is -2.37. The molecule has 1 aromatic heterocycles. The monoisotopic (exact) mass is 412 g/mol. The van der Waals surface area contributed by atoms with Gasteiger partial charge in [-0.25, -0.2) is 4.79 Å². The second-order valence-electron chi connectivity index (χ2n) is 7.42. The summed E-state index contributed by atoms with van der Waals surface area (Å²) in [5.41, 5.74) is 7.79. The number of pyridine rings is 1. The number of carbonyl (C=O) groups excluding carboxylic acids is 1. The third kappa shape index (κ3) is 3.89. The number of aromatic nitrogens is 1. The standard InChI is InChI=1S/C23H25ClN2O3/c1-2-29-23(28)26-11-8-15(9-12-26)21-19-6-4-18(24)13-16(19)3-5-20-17(14-27)7-10-25-22(20)21/h4,6-7,10,13,27H,2-3,5,8-9,11-12,14H2,1H3. The average molecular weight is 413 g/mol. The zero-order valence-corrected chi connectivity index (χ0v) is 17.3. The van der Waals surface area contributed by atoms with Gasteiger partial charge in [0.05, 0.1) is 18.9 Å². The number of nitrogens with zero attached hydrogens (tertiary/aromatic N) is 2. The highest BCUT2D eigenvalue weighted by molar-refractivity contribution is 6.30. The molecule has 1 aliphatic heterocycles. The Morgan fingerprint density at radius 1 is 1.21 bits per heavy atom. The van der Waals surface area contributed by atoms with Crippen LogP contribution in [0.2, 0.25) is 5.02 Å². The number of aliphatic hydroxyl groups is 1. The first kappa shape index (κ1) is 19.9. The summed E-state index contributed by atoms with van der Waals surface area (Å²) in [7, 11) is 0. The van der Waals surface area contributed by atoms with Crippen molar-refractivity contribution in [1.82, 2.24) is 9.88 Å². The SMILES string of the molecule is CCOC(=O)N1CCC(=C2c3ccc(Cl)cc3CCc3c(CO)ccnc32)CC1. The van der Waals surface area contributed by atoms with Crippen LogP contribution in [-0.2, 0) is 24.2 Å². The van der Waals surface area contributed by atoms with Crippen molar-refractivity contribution in [2.24, 2.45) is 0 Å². The van der Waals surface area contributed by atoms with Gasteiger partial charge in [0.2, 0.25) is 0 Å². The Morgan fingerprint density at radius 3 is 2.72 bits per heavy atom. The summed E-state index contributed by atoms with van der Waals surface area (Å²) in [5.74, 6) is 0. The second kappa shape index (κ2) is 8.56. The van der Waals surface area contributed by atoms with Crippen molar-refractivity contribution < 1.29 is 14.6 Å². The van der Waals surface area contributed by atoms with Gasteiger partial charge < -0.3 is 14.7 Å². The molecule has 0 saturated carbocycles. The summed E-state index contributed by atoms with van der Waals surface area (Å²) in [6, 6.07) is 7.94. The number of piperidine rings is 1. The van der Waals surface area contributed by atoms with Crippen LogP contribution < -0.4 is 0 Å². The minimum Gasteiger partial charge on any atom is -0.450 e. The Kier molecular flexibility index (Phi) is 5.88. The highest BCUT2D eigenvalue weighted by Crippen LogP contribution is 2.39. The molecule has 2 heterocycles. The van der Waals surface area contributed by atoms with E-state index in [0.717, 1.165) is 58.7 Å². The molecule has 2 aliphatic rings. The minimum atomic E-state index is -0.245. The van der Waals surface area contributed by atoms with Crippen molar-refractivity contribution in [3.05, 3.63) is 69.0 Å². The van der Waals surface area contributed by atoms with Gasteiger partial charge in [-0.3, -0.25) is 4.98 Å². The summed E-state index contributed by atoms with van der Waals surface area (Å²) >= 11 is 6.29. The molecule has 1 N–H and O–H groups in total. The summed E-state index contributed by atoms with van der Waals surface area (Å²) < 4.78 is 5.15. The quantitative estimate of drug-likeness (QED) is 0.795. The van der Waals surface area contributed by atoms with Gasteiger partial charge in [-0.15, -0.1) is 0 Å². The van der Waals surface area contributed by atoms with Gasteiger partial charge in [-0.2, -0.15) is 0 Å². The van der Waals surface area contributed by atoms with E-state index in [4.69, 9.17) is 21.3 Å². The molecule has 0 bridgehead atoms. The second-order valence-corrected chi connectivity index (χ2v) is 7.86. The first-order valence-corrected chi connectivity index (χ1v) is 10.5. The molecule has 5 nitrogen and oxygen atoms in total. The van der Waals surface area contributed by atoms with Gasteiger partial charge in [0.1, 0.15) is 0 Å². The summed E-state index contributed by atoms with van der Waals surface area (Å²) in [4.78, 5) is 18.6. The Hall–Kier alpha value is -2.37. The third-order valence-electron chi connectivity index (χ3n) is 5.79. The fourth-order valence-electron chi connectivity index (χ4n) is 4.36. The lowest BCUT2D eigenvalue weighted by atomic mass is 9.88. The Balaban J connectivity index is 1.80. The molecule has 1 saturated heterocycles. The number of aliphatic hydroxyl groups excluding tert-OH is 1. The van der Waals surface area contributed by atoms with Crippen LogP contribution in [0.3, 0.4) is 0 Å². The summed E-state index contributed by atoms with van der Waals surface area (Å²) in [6.45, 7) is 3.48. The predicted molar refractivity (Wildman–Crippen MR) is 113 cm³/mol. The number of likely N-dealkylation sites (tertiary alicyclic amines) is 1. The van der Waals surface area contributed by atoms with Crippen LogP contribution in [0.1, 0.15) is 47.7 Å². The molecule has 0 spiro atoms. The van der Waals surface area contributed by atoms with E-state index in [1.165, 1.54) is 11.1 Å². The topological polar surface area (TPSA) is 62.7 Å². The largest absolute Gasteiger partial charge is 0.450 e. The maximum absolute atomic E-state index is 12.1. The van der Waals surface area contributed by atoms with Gasteiger partial charge in [0, 0.05) is 29.9 Å².